The second-order valence-electron chi connectivity index (χ2n) is 4.95. The van der Waals surface area contributed by atoms with Crippen LogP contribution in [-0.4, -0.2) is 34.5 Å². The van der Waals surface area contributed by atoms with Gasteiger partial charge in [0.05, 0.1) is 0 Å². The van der Waals surface area contributed by atoms with Crippen LogP contribution in [0.2, 0.25) is 0 Å². The van der Waals surface area contributed by atoms with Crippen LogP contribution in [0, 0.1) is 5.92 Å². The first kappa shape index (κ1) is 11.3. The molecular weight excluding hydrogens is 182 g/mol. The van der Waals surface area contributed by atoms with Crippen LogP contribution in [0.3, 0.4) is 0 Å². The molecule has 14 heavy (non-hydrogen) atoms. The molecule has 4 heteroatoms. The third-order valence-electron chi connectivity index (χ3n) is 2.11. The molecule has 2 atom stereocenters. The number of aliphatic hydroxyl groups is 1. The van der Waals surface area contributed by atoms with Gasteiger partial charge in [-0.25, -0.2) is 4.79 Å². The highest BCUT2D eigenvalue weighted by Gasteiger charge is 2.34. The topological polar surface area (TPSA) is 49.8 Å². The van der Waals surface area contributed by atoms with Gasteiger partial charge in [0.25, 0.3) is 0 Å². The lowest BCUT2D eigenvalue weighted by Gasteiger charge is -2.26. The Morgan fingerprint density at radius 1 is 1.50 bits per heavy atom. The lowest BCUT2D eigenvalue weighted by molar-refractivity contribution is -0.0128. The summed E-state index contributed by atoms with van der Waals surface area (Å²) in [7, 11) is 0. The van der Waals surface area contributed by atoms with Gasteiger partial charge in [-0.1, -0.05) is 6.92 Å². The van der Waals surface area contributed by atoms with Crippen molar-refractivity contribution in [3.8, 4) is 0 Å². The predicted octanol–water partition coefficient (Wildman–Crippen LogP) is 1.58. The summed E-state index contributed by atoms with van der Waals surface area (Å²) in [6.45, 7) is 8.04. The van der Waals surface area contributed by atoms with E-state index in [2.05, 4.69) is 0 Å². The van der Waals surface area contributed by atoms with Crippen LogP contribution in [0.1, 0.15) is 34.1 Å². The molecule has 0 spiro atoms. The molecule has 1 aliphatic rings. The first-order valence-corrected chi connectivity index (χ1v) is 4.97. The van der Waals surface area contributed by atoms with E-state index in [9.17, 15) is 9.90 Å². The summed E-state index contributed by atoms with van der Waals surface area (Å²) < 4.78 is 5.17. The van der Waals surface area contributed by atoms with Gasteiger partial charge >= 0.3 is 6.09 Å². The zero-order chi connectivity index (χ0) is 10.9. The molecule has 0 aromatic rings. The molecule has 4 nitrogen and oxygen atoms in total. The van der Waals surface area contributed by atoms with Gasteiger partial charge in [0.1, 0.15) is 11.8 Å². The number of aliphatic hydroxyl groups excluding tert-OH is 1. The predicted molar refractivity (Wildman–Crippen MR) is 52.7 cm³/mol. The van der Waals surface area contributed by atoms with E-state index in [0.717, 1.165) is 0 Å². The summed E-state index contributed by atoms with van der Waals surface area (Å²) >= 11 is 0. The van der Waals surface area contributed by atoms with Crippen molar-refractivity contribution in [2.75, 3.05) is 6.54 Å². The molecule has 1 fully saturated rings. The second kappa shape index (κ2) is 3.77. The van der Waals surface area contributed by atoms with Crippen LogP contribution in [0.15, 0.2) is 0 Å². The van der Waals surface area contributed by atoms with E-state index in [-0.39, 0.29) is 0 Å². The van der Waals surface area contributed by atoms with Crippen molar-refractivity contribution < 1.29 is 14.6 Å². The van der Waals surface area contributed by atoms with Crippen molar-refractivity contribution in [1.29, 1.82) is 0 Å². The fourth-order valence-corrected chi connectivity index (χ4v) is 1.54. The monoisotopic (exact) mass is 201 g/mol. The molecule has 1 heterocycles. The lowest BCUT2D eigenvalue weighted by atomic mass is 10.1. The summed E-state index contributed by atoms with van der Waals surface area (Å²) in [5.41, 5.74) is -0.497. The Labute approximate surface area is 84.8 Å². The third-order valence-corrected chi connectivity index (χ3v) is 2.11. The number of ether oxygens (including phenoxy) is 1. The standard InChI is InChI=1S/C10H19NO3/c1-7-5-8(12)11(6-7)9(13)14-10(2,3)4/h7-8,12H,5-6H2,1-4H3/t7-,8?/m0/s1. The number of amides is 1. The number of hydrogen-bond donors (Lipinski definition) is 1. The minimum atomic E-state index is -0.681. The van der Waals surface area contributed by atoms with Gasteiger partial charge in [-0.3, -0.25) is 4.90 Å². The molecule has 0 aliphatic carbocycles. The highest BCUT2D eigenvalue weighted by atomic mass is 16.6. The van der Waals surface area contributed by atoms with Crippen LogP contribution in [0.25, 0.3) is 0 Å². The van der Waals surface area contributed by atoms with Gasteiger partial charge in [0, 0.05) is 6.54 Å². The van der Waals surface area contributed by atoms with Gasteiger partial charge in [-0.15, -0.1) is 0 Å². The summed E-state index contributed by atoms with van der Waals surface area (Å²) in [5.74, 6) is 0.345. The van der Waals surface area contributed by atoms with Gasteiger partial charge in [-0.05, 0) is 33.1 Å². The van der Waals surface area contributed by atoms with Crippen LogP contribution in [0.4, 0.5) is 4.79 Å². The van der Waals surface area contributed by atoms with Crippen molar-refractivity contribution in [3.05, 3.63) is 0 Å². The van der Waals surface area contributed by atoms with Gasteiger partial charge in [0.15, 0.2) is 0 Å². The van der Waals surface area contributed by atoms with E-state index in [4.69, 9.17) is 4.74 Å². The summed E-state index contributed by atoms with van der Waals surface area (Å²) in [4.78, 5) is 12.9. The molecule has 1 rings (SSSR count). The Balaban J connectivity index is 2.53. The van der Waals surface area contributed by atoms with Crippen molar-refractivity contribution >= 4 is 6.09 Å². The van der Waals surface area contributed by atoms with Gasteiger partial charge < -0.3 is 9.84 Å². The summed E-state index contributed by atoms with van der Waals surface area (Å²) in [5, 5.41) is 9.55. The average molecular weight is 201 g/mol. The van der Waals surface area contributed by atoms with Crippen LogP contribution >= 0.6 is 0 Å². The highest BCUT2D eigenvalue weighted by molar-refractivity contribution is 5.68. The van der Waals surface area contributed by atoms with E-state index in [1.807, 2.05) is 27.7 Å². The van der Waals surface area contributed by atoms with Crippen molar-refractivity contribution in [2.45, 2.75) is 45.9 Å². The number of carbonyl (C=O) groups is 1. The fourth-order valence-electron chi connectivity index (χ4n) is 1.54. The molecule has 82 valence electrons. The molecule has 1 amide bonds. The zero-order valence-corrected chi connectivity index (χ0v) is 9.28. The van der Waals surface area contributed by atoms with E-state index in [1.54, 1.807) is 0 Å². The average Bonchev–Trinajstić information content (AvgIpc) is 2.26. The molecule has 1 aliphatic heterocycles. The summed E-state index contributed by atoms with van der Waals surface area (Å²) in [6, 6.07) is 0. The SMILES string of the molecule is C[C@H]1CC(O)N(C(=O)OC(C)(C)C)C1. The fraction of sp³-hybridized carbons (Fsp3) is 0.900. The molecule has 0 aromatic carbocycles. The minimum Gasteiger partial charge on any atom is -0.444 e. The van der Waals surface area contributed by atoms with E-state index < -0.39 is 17.9 Å². The molecule has 1 N–H and O–H groups in total. The van der Waals surface area contributed by atoms with Crippen LogP contribution in [-0.2, 0) is 4.74 Å². The highest BCUT2D eigenvalue weighted by Crippen LogP contribution is 2.23. The largest absolute Gasteiger partial charge is 0.444 e. The van der Waals surface area contributed by atoms with E-state index >= 15 is 0 Å². The smallest absolute Gasteiger partial charge is 0.412 e. The number of hydrogen-bond acceptors (Lipinski definition) is 3. The number of likely N-dealkylation sites (tertiary alicyclic amines) is 1. The quantitative estimate of drug-likeness (QED) is 0.647. The van der Waals surface area contributed by atoms with Crippen molar-refractivity contribution in [3.63, 3.8) is 0 Å². The summed E-state index contributed by atoms with van der Waals surface area (Å²) in [6.07, 6.45) is -0.464. The van der Waals surface area contributed by atoms with Gasteiger partial charge in [-0.2, -0.15) is 0 Å². The number of nitrogens with zero attached hydrogens (tertiary/aromatic N) is 1. The molecule has 1 unspecified atom stereocenters. The first-order chi connectivity index (χ1) is 6.29. The maximum atomic E-state index is 11.6. The Hall–Kier alpha value is -0.770. The molecule has 1 saturated heterocycles. The number of carbonyl (C=O) groups excluding carboxylic acids is 1. The number of rotatable bonds is 0. The third kappa shape index (κ3) is 2.87. The van der Waals surface area contributed by atoms with Crippen LogP contribution in [0.5, 0.6) is 0 Å². The first-order valence-electron chi connectivity index (χ1n) is 4.97. The van der Waals surface area contributed by atoms with E-state index in [1.165, 1.54) is 4.90 Å². The maximum Gasteiger partial charge on any atom is 0.412 e. The Morgan fingerprint density at radius 2 is 2.07 bits per heavy atom. The molecule has 0 aromatic heterocycles. The molecule has 0 saturated carbocycles. The molecule has 0 bridgehead atoms. The zero-order valence-electron chi connectivity index (χ0n) is 9.28. The minimum absolute atomic E-state index is 0.345. The Kier molecular flexibility index (Phi) is 3.04. The molecular formula is C10H19NO3. The van der Waals surface area contributed by atoms with Gasteiger partial charge in [0.2, 0.25) is 0 Å². The molecule has 0 radical (unpaired) electrons. The van der Waals surface area contributed by atoms with E-state index in [0.29, 0.717) is 18.9 Å². The maximum absolute atomic E-state index is 11.6. The van der Waals surface area contributed by atoms with Crippen LogP contribution < -0.4 is 0 Å². The Morgan fingerprint density at radius 3 is 2.43 bits per heavy atom. The van der Waals surface area contributed by atoms with Crippen molar-refractivity contribution in [2.24, 2.45) is 5.92 Å². The lowest BCUT2D eigenvalue weighted by Crippen LogP contribution is -2.39. The second-order valence-corrected chi connectivity index (χ2v) is 4.95. The Bertz CT molecular complexity index is 222. The normalized spacial score (nSPS) is 27.9. The van der Waals surface area contributed by atoms with Crippen molar-refractivity contribution in [1.82, 2.24) is 4.90 Å².